The molecule has 2 aromatic rings. The molecule has 1 unspecified atom stereocenters. The summed E-state index contributed by atoms with van der Waals surface area (Å²) in [6.07, 6.45) is 0. The summed E-state index contributed by atoms with van der Waals surface area (Å²) in [7, 11) is 0. The van der Waals surface area contributed by atoms with Crippen molar-refractivity contribution in [3.05, 3.63) is 70.0 Å². The zero-order chi connectivity index (χ0) is 13.3. The quantitative estimate of drug-likeness (QED) is 0.676. The third-order valence-corrected chi connectivity index (χ3v) is 3.19. The zero-order valence-corrected chi connectivity index (χ0v) is 10.4. The maximum Gasteiger partial charge on any atom is 0.159 e. The van der Waals surface area contributed by atoms with E-state index >= 15 is 0 Å². The van der Waals surface area contributed by atoms with Gasteiger partial charge in [-0.25, -0.2) is 13.2 Å². The normalized spacial score (nSPS) is 12.5. The van der Waals surface area contributed by atoms with Gasteiger partial charge in [0, 0.05) is 10.6 Å². The van der Waals surface area contributed by atoms with E-state index < -0.39 is 22.8 Å². The molecule has 0 nitrogen and oxygen atoms in total. The lowest BCUT2D eigenvalue weighted by molar-refractivity contribution is 0.507. The molecule has 5 heteroatoms. The summed E-state index contributed by atoms with van der Waals surface area (Å²) >= 11 is 11.8. The predicted molar refractivity (Wildman–Crippen MR) is 65.5 cm³/mol. The van der Waals surface area contributed by atoms with Crippen LogP contribution in [0.2, 0.25) is 5.02 Å². The summed E-state index contributed by atoms with van der Waals surface area (Å²) in [5.74, 6) is -2.56. The van der Waals surface area contributed by atoms with Crippen LogP contribution in [0.5, 0.6) is 0 Å². The number of hydrogen-bond acceptors (Lipinski definition) is 0. The van der Waals surface area contributed by atoms with Crippen LogP contribution in [-0.2, 0) is 0 Å². The monoisotopic (exact) mass is 290 g/mol. The second-order valence-electron chi connectivity index (χ2n) is 3.70. The highest BCUT2D eigenvalue weighted by molar-refractivity contribution is 6.30. The smallest absolute Gasteiger partial charge is 0.159 e. The van der Waals surface area contributed by atoms with Gasteiger partial charge in [0.25, 0.3) is 0 Å². The molecule has 0 spiro atoms. The first-order valence-electron chi connectivity index (χ1n) is 5.03. The van der Waals surface area contributed by atoms with Gasteiger partial charge < -0.3 is 0 Å². The molecule has 0 aliphatic rings. The van der Waals surface area contributed by atoms with Crippen molar-refractivity contribution in [3.63, 3.8) is 0 Å². The summed E-state index contributed by atoms with van der Waals surface area (Å²) < 4.78 is 39.5. The topological polar surface area (TPSA) is 0 Å². The Labute approximate surface area is 112 Å². The summed E-state index contributed by atoms with van der Waals surface area (Å²) in [6.45, 7) is 0. The van der Waals surface area contributed by atoms with Crippen LogP contribution >= 0.6 is 23.2 Å². The number of halogens is 5. The molecule has 2 rings (SSSR count). The van der Waals surface area contributed by atoms with Crippen LogP contribution in [0.3, 0.4) is 0 Å². The highest BCUT2D eigenvalue weighted by atomic mass is 35.5. The van der Waals surface area contributed by atoms with Gasteiger partial charge in [0.1, 0.15) is 5.82 Å². The largest absolute Gasteiger partial charge is 0.207 e. The van der Waals surface area contributed by atoms with Gasteiger partial charge in [-0.3, -0.25) is 0 Å². The summed E-state index contributed by atoms with van der Waals surface area (Å²) in [6, 6.07) is 7.10. The maximum atomic E-state index is 13.6. The van der Waals surface area contributed by atoms with Gasteiger partial charge in [-0.05, 0) is 35.9 Å². The molecule has 0 radical (unpaired) electrons. The van der Waals surface area contributed by atoms with Crippen molar-refractivity contribution in [2.45, 2.75) is 5.38 Å². The summed E-state index contributed by atoms with van der Waals surface area (Å²) in [4.78, 5) is 0. The number of alkyl halides is 1. The molecule has 0 aliphatic carbocycles. The van der Waals surface area contributed by atoms with E-state index in [1.54, 1.807) is 0 Å². The van der Waals surface area contributed by atoms with Crippen molar-refractivity contribution < 1.29 is 13.2 Å². The molecule has 0 amide bonds. The number of hydrogen-bond donors (Lipinski definition) is 0. The Morgan fingerprint density at radius 3 is 2.17 bits per heavy atom. The third kappa shape index (κ3) is 2.62. The fraction of sp³-hybridized carbons (Fsp3) is 0.0769. The lowest BCUT2D eigenvalue weighted by Crippen LogP contribution is -1.98. The van der Waals surface area contributed by atoms with E-state index in [1.165, 1.54) is 24.3 Å². The standard InChI is InChI=1S/C13H7Cl2F3/c14-8-2-4-10(16)9(6-8)13(15)7-1-3-11(17)12(18)5-7/h1-6,13H. The molecule has 0 saturated carbocycles. The van der Waals surface area contributed by atoms with Crippen molar-refractivity contribution in [2.24, 2.45) is 0 Å². The highest BCUT2D eigenvalue weighted by Crippen LogP contribution is 2.32. The van der Waals surface area contributed by atoms with Crippen molar-refractivity contribution in [3.8, 4) is 0 Å². The van der Waals surface area contributed by atoms with Crippen LogP contribution < -0.4 is 0 Å². The maximum absolute atomic E-state index is 13.6. The molecule has 0 bridgehead atoms. The molecule has 1 atom stereocenters. The van der Waals surface area contributed by atoms with E-state index in [-0.39, 0.29) is 11.1 Å². The van der Waals surface area contributed by atoms with E-state index in [9.17, 15) is 13.2 Å². The number of rotatable bonds is 2. The molecule has 0 fully saturated rings. The molecule has 2 aromatic carbocycles. The fourth-order valence-corrected chi connectivity index (χ4v) is 2.04. The van der Waals surface area contributed by atoms with Crippen LogP contribution in [0.4, 0.5) is 13.2 Å². The number of benzene rings is 2. The van der Waals surface area contributed by atoms with E-state index in [0.29, 0.717) is 5.02 Å². The molecule has 0 heterocycles. The van der Waals surface area contributed by atoms with Gasteiger partial charge in [-0.15, -0.1) is 11.6 Å². The molecule has 0 N–H and O–H groups in total. The molecule has 0 aromatic heterocycles. The zero-order valence-electron chi connectivity index (χ0n) is 8.93. The van der Waals surface area contributed by atoms with Crippen molar-refractivity contribution >= 4 is 23.2 Å². The van der Waals surface area contributed by atoms with E-state index in [0.717, 1.165) is 12.1 Å². The minimum absolute atomic E-state index is 0.121. The highest BCUT2D eigenvalue weighted by Gasteiger charge is 2.17. The average Bonchev–Trinajstić information content (AvgIpc) is 2.35. The minimum Gasteiger partial charge on any atom is -0.207 e. The SMILES string of the molecule is Fc1ccc(C(Cl)c2cc(Cl)ccc2F)cc1F. The summed E-state index contributed by atoms with van der Waals surface area (Å²) in [5.41, 5.74) is 0.381. The Morgan fingerprint density at radius 1 is 0.833 bits per heavy atom. The molecule has 94 valence electrons. The summed E-state index contributed by atoms with van der Waals surface area (Å²) in [5, 5.41) is -0.613. The Balaban J connectivity index is 2.44. The van der Waals surface area contributed by atoms with Crippen LogP contribution in [0.1, 0.15) is 16.5 Å². The van der Waals surface area contributed by atoms with Crippen LogP contribution in [-0.4, -0.2) is 0 Å². The van der Waals surface area contributed by atoms with Gasteiger partial charge >= 0.3 is 0 Å². The molecule has 18 heavy (non-hydrogen) atoms. The third-order valence-electron chi connectivity index (χ3n) is 2.47. The van der Waals surface area contributed by atoms with E-state index in [1.807, 2.05) is 0 Å². The molecule has 0 saturated heterocycles. The van der Waals surface area contributed by atoms with Crippen LogP contribution in [0, 0.1) is 17.5 Å². The second kappa shape index (κ2) is 5.21. The second-order valence-corrected chi connectivity index (χ2v) is 4.57. The minimum atomic E-state index is -1.03. The van der Waals surface area contributed by atoms with Crippen molar-refractivity contribution in [2.75, 3.05) is 0 Å². The van der Waals surface area contributed by atoms with Gasteiger partial charge in [0.2, 0.25) is 0 Å². The first kappa shape index (κ1) is 13.2. The Kier molecular flexibility index (Phi) is 3.83. The van der Waals surface area contributed by atoms with Crippen LogP contribution in [0.25, 0.3) is 0 Å². The van der Waals surface area contributed by atoms with Gasteiger partial charge in [0.15, 0.2) is 11.6 Å². The van der Waals surface area contributed by atoms with Gasteiger partial charge in [0.05, 0.1) is 5.38 Å². The lowest BCUT2D eigenvalue weighted by atomic mass is 10.0. The first-order chi connectivity index (χ1) is 8.49. The van der Waals surface area contributed by atoms with Crippen molar-refractivity contribution in [1.29, 1.82) is 0 Å². The van der Waals surface area contributed by atoms with Gasteiger partial charge in [-0.1, -0.05) is 17.7 Å². The lowest BCUT2D eigenvalue weighted by Gasteiger charge is -2.12. The van der Waals surface area contributed by atoms with Crippen LogP contribution in [0.15, 0.2) is 36.4 Å². The van der Waals surface area contributed by atoms with Gasteiger partial charge in [-0.2, -0.15) is 0 Å². The Morgan fingerprint density at radius 2 is 1.50 bits per heavy atom. The molecular weight excluding hydrogens is 284 g/mol. The average molecular weight is 291 g/mol. The molecule has 0 aliphatic heterocycles. The Bertz CT molecular complexity index is 584. The first-order valence-corrected chi connectivity index (χ1v) is 5.84. The Hall–Kier alpha value is -1.19. The van der Waals surface area contributed by atoms with E-state index in [4.69, 9.17) is 23.2 Å². The van der Waals surface area contributed by atoms with Crippen molar-refractivity contribution in [1.82, 2.24) is 0 Å². The van der Waals surface area contributed by atoms with E-state index in [2.05, 4.69) is 0 Å². The molecular formula is C13H7Cl2F3. The fourth-order valence-electron chi connectivity index (χ4n) is 1.56. The predicted octanol–water partition coefficient (Wildman–Crippen LogP) is 5.09.